The normalized spacial score (nSPS) is 16.4. The van der Waals surface area contributed by atoms with Crippen molar-refractivity contribution in [3.8, 4) is 22.5 Å². The fraction of sp³-hybridized carbons (Fsp3) is 0.259. The fourth-order valence-electron chi connectivity index (χ4n) is 4.25. The number of nitrogens with zero attached hydrogens (tertiary/aromatic N) is 2. The van der Waals surface area contributed by atoms with E-state index < -0.39 is 12.1 Å². The summed E-state index contributed by atoms with van der Waals surface area (Å²) >= 11 is 0. The van der Waals surface area contributed by atoms with Crippen LogP contribution in [-0.2, 0) is 11.3 Å². The van der Waals surface area contributed by atoms with Crippen molar-refractivity contribution < 1.29 is 23.1 Å². The molecule has 4 N–H and O–H groups in total. The van der Waals surface area contributed by atoms with Gasteiger partial charge in [-0.1, -0.05) is 54.6 Å². The highest BCUT2D eigenvalue weighted by Gasteiger charge is 2.38. The van der Waals surface area contributed by atoms with E-state index in [1.165, 1.54) is 23.1 Å². The van der Waals surface area contributed by atoms with E-state index in [2.05, 4.69) is 64.5 Å². The number of nitrogens with one attached hydrogen (secondary N) is 1. The van der Waals surface area contributed by atoms with Crippen molar-refractivity contribution in [3.63, 3.8) is 0 Å². The van der Waals surface area contributed by atoms with Gasteiger partial charge in [-0.15, -0.1) is 0 Å². The highest BCUT2D eigenvalue weighted by molar-refractivity contribution is 5.79. The predicted octanol–water partition coefficient (Wildman–Crippen LogP) is 5.45. The van der Waals surface area contributed by atoms with Crippen LogP contribution in [0.4, 0.5) is 13.2 Å². The summed E-state index contributed by atoms with van der Waals surface area (Å²) in [6, 6.07) is 25.9. The summed E-state index contributed by atoms with van der Waals surface area (Å²) in [6.07, 6.45) is -2.74. The molecule has 0 spiro atoms. The number of carboxylic acids is 1. The lowest BCUT2D eigenvalue weighted by molar-refractivity contribution is -0.192. The number of piperidine rings is 1. The highest BCUT2D eigenvalue weighted by Crippen LogP contribution is 2.26. The summed E-state index contributed by atoms with van der Waals surface area (Å²) < 4.78 is 31.7. The Morgan fingerprint density at radius 2 is 1.72 bits per heavy atom. The molecule has 0 amide bonds. The molecule has 1 aliphatic heterocycles. The summed E-state index contributed by atoms with van der Waals surface area (Å²) in [5.74, 6) is -1.85. The van der Waals surface area contributed by atoms with Gasteiger partial charge in [-0.2, -0.15) is 13.2 Å². The zero-order chi connectivity index (χ0) is 25.7. The largest absolute Gasteiger partial charge is 0.490 e. The first-order chi connectivity index (χ1) is 17.2. The van der Waals surface area contributed by atoms with Crippen LogP contribution in [0.25, 0.3) is 33.5 Å². The number of aromatic nitrogens is 2. The van der Waals surface area contributed by atoms with Crippen molar-refractivity contribution in [1.82, 2.24) is 14.9 Å². The van der Waals surface area contributed by atoms with Crippen LogP contribution in [0.2, 0.25) is 0 Å². The number of halogens is 3. The topological polar surface area (TPSA) is 95.2 Å². The van der Waals surface area contributed by atoms with Crippen LogP contribution in [0, 0.1) is 0 Å². The van der Waals surface area contributed by atoms with Crippen LogP contribution in [-0.4, -0.2) is 51.3 Å². The first-order valence-corrected chi connectivity index (χ1v) is 11.6. The Morgan fingerprint density at radius 3 is 2.39 bits per heavy atom. The second kappa shape index (κ2) is 10.9. The molecule has 36 heavy (non-hydrogen) atoms. The van der Waals surface area contributed by atoms with Crippen LogP contribution in [0.15, 0.2) is 72.8 Å². The number of hydrogen-bond acceptors (Lipinski definition) is 4. The van der Waals surface area contributed by atoms with Gasteiger partial charge in [0.05, 0.1) is 11.0 Å². The molecule has 5 rings (SSSR count). The van der Waals surface area contributed by atoms with Gasteiger partial charge >= 0.3 is 12.1 Å². The molecule has 0 aliphatic carbocycles. The minimum atomic E-state index is -5.08. The maximum atomic E-state index is 10.6. The lowest BCUT2D eigenvalue weighted by atomic mass is 10.0. The zero-order valence-corrected chi connectivity index (χ0v) is 19.5. The molecule has 6 nitrogen and oxygen atoms in total. The molecular formula is C27H27F3N4O2. The number of para-hydroxylation sites is 2. The Balaban J connectivity index is 0.000000384. The monoisotopic (exact) mass is 496 g/mol. The molecule has 0 bridgehead atoms. The number of benzene rings is 3. The number of carbonyl (C=O) groups is 1. The van der Waals surface area contributed by atoms with E-state index >= 15 is 0 Å². The molecular weight excluding hydrogens is 469 g/mol. The van der Waals surface area contributed by atoms with Crippen molar-refractivity contribution in [2.75, 3.05) is 13.1 Å². The number of alkyl halides is 3. The minimum Gasteiger partial charge on any atom is -0.475 e. The smallest absolute Gasteiger partial charge is 0.475 e. The van der Waals surface area contributed by atoms with Crippen LogP contribution in [0.5, 0.6) is 0 Å². The highest BCUT2D eigenvalue weighted by atomic mass is 19.4. The molecule has 9 heteroatoms. The maximum Gasteiger partial charge on any atom is 0.490 e. The number of carboxylic acid groups (broad SMARTS) is 1. The van der Waals surface area contributed by atoms with Gasteiger partial charge in [0.2, 0.25) is 0 Å². The molecule has 1 unspecified atom stereocenters. The van der Waals surface area contributed by atoms with Gasteiger partial charge in [-0.05, 0) is 54.3 Å². The first-order valence-electron chi connectivity index (χ1n) is 11.6. The minimum absolute atomic E-state index is 0.317. The van der Waals surface area contributed by atoms with Crippen molar-refractivity contribution in [2.45, 2.75) is 31.6 Å². The van der Waals surface area contributed by atoms with Gasteiger partial charge in [-0.25, -0.2) is 9.78 Å². The molecule has 4 aromatic rings. The van der Waals surface area contributed by atoms with Crippen LogP contribution in [0.1, 0.15) is 18.4 Å². The first kappa shape index (κ1) is 25.4. The van der Waals surface area contributed by atoms with Crippen molar-refractivity contribution in [2.24, 2.45) is 5.73 Å². The number of aliphatic carboxylic acids is 1. The quantitative estimate of drug-likeness (QED) is 0.349. The van der Waals surface area contributed by atoms with Crippen LogP contribution >= 0.6 is 0 Å². The molecule has 2 heterocycles. The fourth-order valence-corrected chi connectivity index (χ4v) is 4.25. The average molecular weight is 497 g/mol. The molecule has 1 atom stereocenters. The number of hydrogen-bond donors (Lipinski definition) is 3. The molecule has 0 saturated carbocycles. The molecule has 0 radical (unpaired) electrons. The Hall–Kier alpha value is -3.69. The molecule has 188 valence electrons. The number of rotatable bonds is 4. The number of fused-ring (bicyclic) bond motifs is 1. The molecule has 1 saturated heterocycles. The third-order valence-corrected chi connectivity index (χ3v) is 6.00. The van der Waals surface area contributed by atoms with Crippen LogP contribution < -0.4 is 5.73 Å². The summed E-state index contributed by atoms with van der Waals surface area (Å²) in [7, 11) is 0. The predicted molar refractivity (Wildman–Crippen MR) is 133 cm³/mol. The van der Waals surface area contributed by atoms with Crippen molar-refractivity contribution in [3.05, 3.63) is 78.4 Å². The Morgan fingerprint density at radius 1 is 1.03 bits per heavy atom. The number of H-pyrrole nitrogens is 1. The third-order valence-electron chi connectivity index (χ3n) is 6.00. The van der Waals surface area contributed by atoms with Gasteiger partial charge in [-0.3, -0.25) is 4.90 Å². The van der Waals surface area contributed by atoms with E-state index in [0.29, 0.717) is 6.04 Å². The zero-order valence-electron chi connectivity index (χ0n) is 19.5. The van der Waals surface area contributed by atoms with Crippen molar-refractivity contribution >= 4 is 17.0 Å². The average Bonchev–Trinajstić information content (AvgIpc) is 3.29. The number of imidazole rings is 1. The Kier molecular flexibility index (Phi) is 7.71. The molecule has 1 aromatic heterocycles. The van der Waals surface area contributed by atoms with E-state index in [-0.39, 0.29) is 0 Å². The lowest BCUT2D eigenvalue weighted by Crippen LogP contribution is -2.42. The Bertz CT molecular complexity index is 1290. The summed E-state index contributed by atoms with van der Waals surface area (Å²) in [6.45, 7) is 3.11. The molecule has 1 aliphatic rings. The van der Waals surface area contributed by atoms with Crippen molar-refractivity contribution in [1.29, 1.82) is 0 Å². The second-order valence-electron chi connectivity index (χ2n) is 8.82. The van der Waals surface area contributed by atoms with E-state index in [4.69, 9.17) is 20.6 Å². The molecule has 1 fully saturated rings. The lowest BCUT2D eigenvalue weighted by Gasteiger charge is -2.30. The number of likely N-dealkylation sites (tertiary alicyclic amines) is 1. The van der Waals surface area contributed by atoms with E-state index in [1.54, 1.807) is 0 Å². The van der Waals surface area contributed by atoms with Gasteiger partial charge in [0.25, 0.3) is 0 Å². The van der Waals surface area contributed by atoms with E-state index in [0.717, 1.165) is 48.5 Å². The second-order valence-corrected chi connectivity index (χ2v) is 8.82. The summed E-state index contributed by atoms with van der Waals surface area (Å²) in [5.41, 5.74) is 13.1. The third kappa shape index (κ3) is 6.50. The standard InChI is InChI=1S/C25H26N4.C2HF3O2/c26-22-7-4-14-29(17-22)16-18-5-3-6-21(15-18)19-10-12-20(13-11-19)25-27-23-8-1-2-9-24(23)28-25;3-2(4,5)1(6)7/h1-3,5-6,8-13,15,22H,4,7,14,16-17,26H2,(H,27,28);(H,6,7). The summed E-state index contributed by atoms with van der Waals surface area (Å²) in [5, 5.41) is 7.12. The number of nitrogens with two attached hydrogens (primary N) is 1. The Labute approximate surface area is 206 Å². The van der Waals surface area contributed by atoms with E-state index in [9.17, 15) is 13.2 Å². The summed E-state index contributed by atoms with van der Waals surface area (Å²) in [4.78, 5) is 19.5. The van der Waals surface area contributed by atoms with E-state index in [1.807, 2.05) is 18.2 Å². The van der Waals surface area contributed by atoms with Crippen LogP contribution in [0.3, 0.4) is 0 Å². The number of aromatic amines is 1. The van der Waals surface area contributed by atoms with Gasteiger partial charge in [0.15, 0.2) is 0 Å². The van der Waals surface area contributed by atoms with Gasteiger partial charge in [0.1, 0.15) is 5.82 Å². The SMILES string of the molecule is NC1CCCN(Cc2cccc(-c3ccc(-c4nc5ccccc5[nH]4)cc3)c2)C1.O=C(O)C(F)(F)F. The van der Waals surface area contributed by atoms with Gasteiger partial charge < -0.3 is 15.8 Å². The van der Waals surface area contributed by atoms with Gasteiger partial charge in [0, 0.05) is 24.7 Å². The molecule has 3 aromatic carbocycles. The maximum absolute atomic E-state index is 10.6.